The molecule has 0 spiro atoms. The lowest BCUT2D eigenvalue weighted by Gasteiger charge is -2.19. The van der Waals surface area contributed by atoms with Crippen LogP contribution in [0.4, 0.5) is 0 Å². The Bertz CT molecular complexity index is 1330. The van der Waals surface area contributed by atoms with Gasteiger partial charge in [0.25, 0.3) is 0 Å². The van der Waals surface area contributed by atoms with Crippen LogP contribution in [0.25, 0.3) is 10.9 Å². The number of hydrogen-bond acceptors (Lipinski definition) is 5. The maximum absolute atomic E-state index is 13.0. The Morgan fingerprint density at radius 1 is 1.03 bits per heavy atom. The molecule has 0 saturated carbocycles. The lowest BCUT2D eigenvalue weighted by molar-refractivity contribution is 0.304. The average Bonchev–Trinajstić information content (AvgIpc) is 3.53. The Morgan fingerprint density at radius 2 is 1.78 bits per heavy atom. The van der Waals surface area contributed by atoms with E-state index in [0.29, 0.717) is 30.9 Å². The van der Waals surface area contributed by atoms with E-state index in [9.17, 15) is 8.42 Å². The highest BCUT2D eigenvalue weighted by Gasteiger charge is 2.23. The van der Waals surface area contributed by atoms with Crippen LogP contribution in [0.5, 0.6) is 0 Å². The molecule has 0 unspecified atom stereocenters. The molecule has 2 aromatic heterocycles. The minimum absolute atomic E-state index is 0.0850. The number of aromatic amines is 2. The number of nitrogens with one attached hydrogen (secondary N) is 3. The van der Waals surface area contributed by atoms with Crippen molar-refractivity contribution in [2.24, 2.45) is 0 Å². The summed E-state index contributed by atoms with van der Waals surface area (Å²) in [7, 11) is -3.48. The van der Waals surface area contributed by atoms with Gasteiger partial charge in [-0.2, -0.15) is 5.10 Å². The smallest absolute Gasteiger partial charge is 0.212 e. The van der Waals surface area contributed by atoms with Crippen LogP contribution in [0.2, 0.25) is 0 Å². The van der Waals surface area contributed by atoms with Crippen LogP contribution < -0.4 is 4.72 Å². The standard InChI is InChI=1S/C27H36N6O2S/c1-3-33(4-2)17-10-18-36(34,35)32-25(16-15-21-11-6-5-7-12-21)27-29-26(30-31-27)19-22-20-28-24-14-9-8-13-23(22)24/h5-9,11-14,20,25,28,32H,3-4,10,15-19H2,1-2H3,(H,29,30,31)/t25-/m1/s1. The molecule has 0 amide bonds. The highest BCUT2D eigenvalue weighted by atomic mass is 32.2. The Morgan fingerprint density at radius 3 is 2.56 bits per heavy atom. The van der Waals surface area contributed by atoms with E-state index in [1.54, 1.807) is 0 Å². The molecule has 0 aliphatic rings. The molecule has 192 valence electrons. The lowest BCUT2D eigenvalue weighted by atomic mass is 10.1. The molecule has 3 N–H and O–H groups in total. The van der Waals surface area contributed by atoms with E-state index in [1.807, 2.05) is 42.6 Å². The van der Waals surface area contributed by atoms with Gasteiger partial charge in [-0.25, -0.2) is 18.1 Å². The van der Waals surface area contributed by atoms with Crippen molar-refractivity contribution in [3.63, 3.8) is 0 Å². The number of aryl methyl sites for hydroxylation is 1. The van der Waals surface area contributed by atoms with Crippen molar-refractivity contribution in [1.29, 1.82) is 0 Å². The predicted octanol–water partition coefficient (Wildman–Crippen LogP) is 4.20. The summed E-state index contributed by atoms with van der Waals surface area (Å²) < 4.78 is 28.9. The van der Waals surface area contributed by atoms with Crippen LogP contribution in [-0.2, 0) is 22.9 Å². The van der Waals surface area contributed by atoms with E-state index >= 15 is 0 Å². The van der Waals surface area contributed by atoms with Crippen molar-refractivity contribution in [2.75, 3.05) is 25.4 Å². The Hall–Kier alpha value is -3.01. The first-order valence-corrected chi connectivity index (χ1v) is 14.3. The number of nitrogens with zero attached hydrogens (tertiary/aromatic N) is 3. The lowest BCUT2D eigenvalue weighted by Crippen LogP contribution is -2.33. The van der Waals surface area contributed by atoms with Gasteiger partial charge in [-0.3, -0.25) is 5.10 Å². The average molecular weight is 509 g/mol. The summed E-state index contributed by atoms with van der Waals surface area (Å²) in [6.07, 6.45) is 4.44. The predicted molar refractivity (Wildman–Crippen MR) is 144 cm³/mol. The van der Waals surface area contributed by atoms with E-state index in [-0.39, 0.29) is 5.75 Å². The number of H-pyrrole nitrogens is 2. The molecule has 4 aromatic rings. The van der Waals surface area contributed by atoms with Gasteiger partial charge in [-0.15, -0.1) is 0 Å². The number of aromatic nitrogens is 4. The van der Waals surface area contributed by atoms with Gasteiger partial charge >= 0.3 is 0 Å². The third-order valence-electron chi connectivity index (χ3n) is 6.57. The first-order valence-electron chi connectivity index (χ1n) is 12.7. The van der Waals surface area contributed by atoms with Crippen LogP contribution in [0.15, 0.2) is 60.8 Å². The molecule has 36 heavy (non-hydrogen) atoms. The molecule has 8 nitrogen and oxygen atoms in total. The fourth-order valence-corrected chi connectivity index (χ4v) is 5.78. The van der Waals surface area contributed by atoms with E-state index in [2.05, 4.69) is 56.8 Å². The van der Waals surface area contributed by atoms with Gasteiger partial charge < -0.3 is 9.88 Å². The minimum atomic E-state index is -3.48. The van der Waals surface area contributed by atoms with Gasteiger partial charge in [0.2, 0.25) is 10.0 Å². The van der Waals surface area contributed by atoms with E-state index in [1.165, 1.54) is 0 Å². The largest absolute Gasteiger partial charge is 0.361 e. The van der Waals surface area contributed by atoms with Crippen molar-refractivity contribution >= 4 is 20.9 Å². The van der Waals surface area contributed by atoms with Gasteiger partial charge in [0.15, 0.2) is 5.82 Å². The van der Waals surface area contributed by atoms with Crippen LogP contribution in [0, 0.1) is 0 Å². The summed E-state index contributed by atoms with van der Waals surface area (Å²) in [6, 6.07) is 17.7. The second-order valence-corrected chi connectivity index (χ2v) is 10.9. The van der Waals surface area contributed by atoms with E-state index in [4.69, 9.17) is 4.98 Å². The second-order valence-electron chi connectivity index (χ2n) is 9.07. The van der Waals surface area contributed by atoms with Crippen LogP contribution in [0.3, 0.4) is 0 Å². The Labute approximate surface area is 213 Å². The summed E-state index contributed by atoms with van der Waals surface area (Å²) >= 11 is 0. The number of fused-ring (bicyclic) bond motifs is 1. The molecule has 1 atom stereocenters. The monoisotopic (exact) mass is 508 g/mol. The first kappa shape index (κ1) is 26.1. The number of para-hydroxylation sites is 1. The zero-order chi connectivity index (χ0) is 25.4. The molecule has 0 fully saturated rings. The van der Waals surface area contributed by atoms with Gasteiger partial charge in [0.05, 0.1) is 11.8 Å². The number of sulfonamides is 1. The zero-order valence-corrected chi connectivity index (χ0v) is 21.9. The Kier molecular flexibility index (Phi) is 8.90. The molecular weight excluding hydrogens is 472 g/mol. The van der Waals surface area contributed by atoms with Crippen molar-refractivity contribution in [2.45, 2.75) is 45.6 Å². The third kappa shape index (κ3) is 7.02. The maximum Gasteiger partial charge on any atom is 0.212 e. The van der Waals surface area contributed by atoms with E-state index in [0.717, 1.165) is 48.1 Å². The van der Waals surface area contributed by atoms with Gasteiger partial charge in [-0.05, 0) is 56.1 Å². The SMILES string of the molecule is CCN(CC)CCCS(=O)(=O)N[C@H](CCc1ccccc1)c1nc(Cc2c[nH]c3ccccc23)n[nH]1. The topological polar surface area (TPSA) is 107 Å². The Balaban J connectivity index is 1.47. The summed E-state index contributed by atoms with van der Waals surface area (Å²) in [6.45, 7) is 6.78. The molecule has 2 aromatic carbocycles. The normalized spacial score (nSPS) is 13.0. The third-order valence-corrected chi connectivity index (χ3v) is 8.04. The van der Waals surface area contributed by atoms with Gasteiger partial charge in [0.1, 0.15) is 5.82 Å². The van der Waals surface area contributed by atoms with Crippen molar-refractivity contribution < 1.29 is 8.42 Å². The molecule has 0 saturated heterocycles. The van der Waals surface area contributed by atoms with Gasteiger partial charge in [-0.1, -0.05) is 62.4 Å². The summed E-state index contributed by atoms with van der Waals surface area (Å²) in [5.74, 6) is 1.27. The number of benzene rings is 2. The second kappa shape index (κ2) is 12.3. The highest BCUT2D eigenvalue weighted by molar-refractivity contribution is 7.89. The van der Waals surface area contributed by atoms with Crippen molar-refractivity contribution in [3.8, 4) is 0 Å². The number of rotatable bonds is 14. The molecule has 9 heteroatoms. The van der Waals surface area contributed by atoms with Crippen molar-refractivity contribution in [3.05, 3.63) is 83.6 Å². The molecule has 4 rings (SSSR count). The first-order chi connectivity index (χ1) is 17.5. The van der Waals surface area contributed by atoms with Crippen LogP contribution >= 0.6 is 0 Å². The summed E-state index contributed by atoms with van der Waals surface area (Å²) in [5.41, 5.74) is 3.33. The fraction of sp³-hybridized carbons (Fsp3) is 0.407. The quantitative estimate of drug-likeness (QED) is 0.237. The number of hydrogen-bond donors (Lipinski definition) is 3. The molecule has 0 aliphatic heterocycles. The maximum atomic E-state index is 13.0. The van der Waals surface area contributed by atoms with Crippen LogP contribution in [0.1, 0.15) is 55.5 Å². The summed E-state index contributed by atoms with van der Waals surface area (Å²) in [4.78, 5) is 10.2. The zero-order valence-electron chi connectivity index (χ0n) is 21.1. The molecular formula is C27H36N6O2S. The molecule has 0 radical (unpaired) electrons. The molecule has 0 bridgehead atoms. The van der Waals surface area contributed by atoms with E-state index < -0.39 is 16.1 Å². The minimum Gasteiger partial charge on any atom is -0.361 e. The van der Waals surface area contributed by atoms with Crippen molar-refractivity contribution in [1.82, 2.24) is 29.8 Å². The molecule has 0 aliphatic carbocycles. The fourth-order valence-electron chi connectivity index (χ4n) is 4.49. The van der Waals surface area contributed by atoms with Crippen LogP contribution in [-0.4, -0.2) is 58.9 Å². The molecule has 2 heterocycles. The highest BCUT2D eigenvalue weighted by Crippen LogP contribution is 2.22. The van der Waals surface area contributed by atoms with Gasteiger partial charge in [0, 0.05) is 23.5 Å². The summed E-state index contributed by atoms with van der Waals surface area (Å²) in [5, 5.41) is 8.57.